The van der Waals surface area contributed by atoms with E-state index in [2.05, 4.69) is 63.3 Å². The Labute approximate surface area is 98.7 Å². The van der Waals surface area contributed by atoms with Gasteiger partial charge in [0.25, 0.3) is 0 Å². The molecule has 0 heteroatoms. The van der Waals surface area contributed by atoms with Crippen molar-refractivity contribution >= 4 is 0 Å². The third-order valence-corrected chi connectivity index (χ3v) is 3.63. The van der Waals surface area contributed by atoms with E-state index >= 15 is 0 Å². The Hall–Kier alpha value is -1.30. The number of benzene rings is 1. The number of hydrogen-bond acceptors (Lipinski definition) is 0. The van der Waals surface area contributed by atoms with Crippen LogP contribution in [0.5, 0.6) is 0 Å². The zero-order valence-electron chi connectivity index (χ0n) is 10.4. The minimum Gasteiger partial charge on any atom is -0.0805 e. The van der Waals surface area contributed by atoms with Gasteiger partial charge in [0.15, 0.2) is 0 Å². The van der Waals surface area contributed by atoms with Crippen molar-refractivity contribution in [2.24, 2.45) is 5.92 Å². The summed E-state index contributed by atoms with van der Waals surface area (Å²) in [6.07, 6.45) is 8.02. The van der Waals surface area contributed by atoms with Crippen LogP contribution < -0.4 is 0 Å². The van der Waals surface area contributed by atoms with E-state index in [1.165, 1.54) is 23.1 Å². The Morgan fingerprint density at radius 2 is 1.88 bits per heavy atom. The number of allylic oxidation sites excluding steroid dienone is 4. The fourth-order valence-electron chi connectivity index (χ4n) is 2.69. The number of hydrogen-bond donors (Lipinski definition) is 0. The minimum absolute atomic E-state index is 0.580. The summed E-state index contributed by atoms with van der Waals surface area (Å²) in [6, 6.07) is 8.77. The molecule has 0 N–H and O–H groups in total. The molecule has 1 aliphatic carbocycles. The number of rotatable bonds is 2. The third-order valence-electron chi connectivity index (χ3n) is 3.63. The minimum atomic E-state index is 0.580. The topological polar surface area (TPSA) is 0 Å². The molecule has 2 atom stereocenters. The Balaban J connectivity index is 2.42. The highest BCUT2D eigenvalue weighted by atomic mass is 14.3. The van der Waals surface area contributed by atoms with Gasteiger partial charge in [-0.3, -0.25) is 0 Å². The van der Waals surface area contributed by atoms with Gasteiger partial charge in [0.2, 0.25) is 0 Å². The van der Waals surface area contributed by atoms with E-state index in [4.69, 9.17) is 0 Å². The SMILES string of the molecule is CCC1C=CC=C(C)C1c1ccccc1C. The molecule has 0 fully saturated rings. The molecule has 84 valence electrons. The van der Waals surface area contributed by atoms with Crippen LogP contribution in [0, 0.1) is 12.8 Å². The van der Waals surface area contributed by atoms with Crippen LogP contribution in [0.2, 0.25) is 0 Å². The van der Waals surface area contributed by atoms with E-state index in [1.54, 1.807) is 0 Å². The van der Waals surface area contributed by atoms with Crippen molar-refractivity contribution in [3.8, 4) is 0 Å². The summed E-state index contributed by atoms with van der Waals surface area (Å²) in [6.45, 7) is 6.75. The maximum absolute atomic E-state index is 2.35. The van der Waals surface area contributed by atoms with E-state index in [-0.39, 0.29) is 0 Å². The van der Waals surface area contributed by atoms with Crippen molar-refractivity contribution in [2.45, 2.75) is 33.1 Å². The summed E-state index contributed by atoms with van der Waals surface area (Å²) in [5.41, 5.74) is 4.39. The smallest absolute Gasteiger partial charge is 0.0114 e. The van der Waals surface area contributed by atoms with Crippen molar-refractivity contribution < 1.29 is 0 Å². The molecule has 0 spiro atoms. The summed E-state index contributed by atoms with van der Waals surface area (Å²) < 4.78 is 0. The molecule has 0 saturated carbocycles. The predicted octanol–water partition coefficient (Wildman–Crippen LogP) is 4.62. The van der Waals surface area contributed by atoms with Gasteiger partial charge in [-0.25, -0.2) is 0 Å². The van der Waals surface area contributed by atoms with E-state index in [1.807, 2.05) is 0 Å². The van der Waals surface area contributed by atoms with Crippen molar-refractivity contribution in [1.82, 2.24) is 0 Å². The Bertz CT molecular complexity index is 423. The molecule has 16 heavy (non-hydrogen) atoms. The second kappa shape index (κ2) is 4.69. The predicted molar refractivity (Wildman–Crippen MR) is 70.6 cm³/mol. The lowest BCUT2D eigenvalue weighted by atomic mass is 9.76. The zero-order chi connectivity index (χ0) is 11.5. The van der Waals surface area contributed by atoms with E-state index in [0.717, 1.165) is 0 Å². The van der Waals surface area contributed by atoms with Crippen LogP contribution in [0.3, 0.4) is 0 Å². The second-order valence-electron chi connectivity index (χ2n) is 4.70. The van der Waals surface area contributed by atoms with Crippen LogP contribution in [0.25, 0.3) is 0 Å². The Morgan fingerprint density at radius 1 is 1.12 bits per heavy atom. The molecule has 2 rings (SSSR count). The summed E-state index contributed by atoms with van der Waals surface area (Å²) in [7, 11) is 0. The summed E-state index contributed by atoms with van der Waals surface area (Å²) in [5, 5.41) is 0. The first-order chi connectivity index (χ1) is 7.74. The van der Waals surface area contributed by atoms with Crippen LogP contribution in [-0.2, 0) is 0 Å². The highest BCUT2D eigenvalue weighted by Crippen LogP contribution is 2.38. The molecule has 0 saturated heterocycles. The molecule has 0 heterocycles. The Morgan fingerprint density at radius 3 is 2.56 bits per heavy atom. The molecule has 2 unspecified atom stereocenters. The van der Waals surface area contributed by atoms with E-state index in [9.17, 15) is 0 Å². The van der Waals surface area contributed by atoms with Crippen LogP contribution in [0.15, 0.2) is 48.1 Å². The first-order valence-electron chi connectivity index (χ1n) is 6.14. The van der Waals surface area contributed by atoms with E-state index in [0.29, 0.717) is 11.8 Å². The lowest BCUT2D eigenvalue weighted by Gasteiger charge is -2.29. The van der Waals surface area contributed by atoms with Crippen molar-refractivity contribution in [1.29, 1.82) is 0 Å². The molecule has 0 nitrogen and oxygen atoms in total. The molecule has 1 aliphatic rings. The molecular formula is C16H20. The van der Waals surface area contributed by atoms with E-state index < -0.39 is 0 Å². The number of aryl methyl sites for hydroxylation is 1. The van der Waals surface area contributed by atoms with Gasteiger partial charge >= 0.3 is 0 Å². The summed E-state index contributed by atoms with van der Waals surface area (Å²) in [4.78, 5) is 0. The lowest BCUT2D eigenvalue weighted by Crippen LogP contribution is -2.15. The van der Waals surface area contributed by atoms with Crippen LogP contribution in [-0.4, -0.2) is 0 Å². The maximum atomic E-state index is 2.35. The van der Waals surface area contributed by atoms with Crippen LogP contribution in [0.1, 0.15) is 37.3 Å². The average molecular weight is 212 g/mol. The van der Waals surface area contributed by atoms with Gasteiger partial charge in [-0.1, -0.05) is 55.0 Å². The van der Waals surface area contributed by atoms with Gasteiger partial charge in [-0.05, 0) is 37.3 Å². The van der Waals surface area contributed by atoms with Crippen LogP contribution >= 0.6 is 0 Å². The Kier molecular flexibility index (Phi) is 3.28. The van der Waals surface area contributed by atoms with Crippen molar-refractivity contribution in [2.75, 3.05) is 0 Å². The standard InChI is InChI=1S/C16H20/c1-4-14-10-7-9-13(3)16(14)15-11-6-5-8-12(15)2/h5-11,14,16H,4H2,1-3H3. The highest BCUT2D eigenvalue weighted by Gasteiger charge is 2.24. The zero-order valence-corrected chi connectivity index (χ0v) is 10.4. The summed E-state index contributed by atoms with van der Waals surface area (Å²) >= 11 is 0. The van der Waals surface area contributed by atoms with Gasteiger partial charge in [0, 0.05) is 5.92 Å². The normalized spacial score (nSPS) is 24.3. The molecule has 0 aliphatic heterocycles. The van der Waals surface area contributed by atoms with Gasteiger partial charge in [-0.2, -0.15) is 0 Å². The summed E-state index contributed by atoms with van der Waals surface area (Å²) in [5.74, 6) is 1.24. The van der Waals surface area contributed by atoms with Crippen molar-refractivity contribution in [3.63, 3.8) is 0 Å². The first kappa shape index (κ1) is 11.2. The molecule has 0 amide bonds. The van der Waals surface area contributed by atoms with Gasteiger partial charge in [-0.15, -0.1) is 0 Å². The fourth-order valence-corrected chi connectivity index (χ4v) is 2.69. The van der Waals surface area contributed by atoms with Crippen molar-refractivity contribution in [3.05, 3.63) is 59.2 Å². The molecular weight excluding hydrogens is 192 g/mol. The maximum Gasteiger partial charge on any atom is 0.0114 e. The third kappa shape index (κ3) is 1.97. The molecule has 0 aromatic heterocycles. The molecule has 0 bridgehead atoms. The monoisotopic (exact) mass is 212 g/mol. The molecule has 1 aromatic rings. The molecule has 0 radical (unpaired) electrons. The first-order valence-corrected chi connectivity index (χ1v) is 6.14. The quantitative estimate of drug-likeness (QED) is 0.671. The molecule has 1 aromatic carbocycles. The van der Waals surface area contributed by atoms with Gasteiger partial charge in [0.05, 0.1) is 0 Å². The second-order valence-corrected chi connectivity index (χ2v) is 4.70. The average Bonchev–Trinajstić information content (AvgIpc) is 2.30. The fraction of sp³-hybridized carbons (Fsp3) is 0.375. The van der Waals surface area contributed by atoms with Gasteiger partial charge < -0.3 is 0 Å². The van der Waals surface area contributed by atoms with Gasteiger partial charge in [0.1, 0.15) is 0 Å². The highest BCUT2D eigenvalue weighted by molar-refractivity contribution is 5.39. The lowest BCUT2D eigenvalue weighted by molar-refractivity contribution is 0.536. The van der Waals surface area contributed by atoms with Crippen LogP contribution in [0.4, 0.5) is 0 Å². The largest absolute Gasteiger partial charge is 0.0805 e.